The molecule has 0 bridgehead atoms. The van der Waals surface area contributed by atoms with Crippen molar-refractivity contribution in [1.82, 2.24) is 15.3 Å². The van der Waals surface area contributed by atoms with Crippen LogP contribution in [-0.2, 0) is 4.79 Å². The molecule has 1 atom stereocenters. The number of piperidine rings is 1. The Morgan fingerprint density at radius 3 is 2.43 bits per heavy atom. The smallest absolute Gasteiger partial charge is 0.475 e. The molecule has 0 aliphatic carbocycles. The van der Waals surface area contributed by atoms with Gasteiger partial charge in [-0.3, -0.25) is 0 Å². The molecule has 1 fully saturated rings. The largest absolute Gasteiger partial charge is 0.490 e. The van der Waals surface area contributed by atoms with Gasteiger partial charge in [-0.2, -0.15) is 13.2 Å². The lowest BCUT2D eigenvalue weighted by Crippen LogP contribution is -2.48. The van der Waals surface area contributed by atoms with Crippen LogP contribution in [0.25, 0.3) is 0 Å². The summed E-state index contributed by atoms with van der Waals surface area (Å²) < 4.78 is 58.6. The van der Waals surface area contributed by atoms with Gasteiger partial charge in [0.1, 0.15) is 0 Å². The molecule has 2 rings (SSSR count). The molecule has 1 aromatic rings. The van der Waals surface area contributed by atoms with Crippen molar-refractivity contribution in [2.45, 2.75) is 18.5 Å². The van der Waals surface area contributed by atoms with Crippen molar-refractivity contribution in [3.63, 3.8) is 0 Å². The summed E-state index contributed by atoms with van der Waals surface area (Å²) >= 11 is 0. The second-order valence-corrected chi connectivity index (χ2v) is 4.68. The lowest BCUT2D eigenvalue weighted by Gasteiger charge is -2.31. The van der Waals surface area contributed by atoms with Crippen molar-refractivity contribution < 1.29 is 31.9 Å². The van der Waals surface area contributed by atoms with E-state index in [1.54, 1.807) is 18.5 Å². The Morgan fingerprint density at radius 1 is 1.39 bits per heavy atom. The van der Waals surface area contributed by atoms with Gasteiger partial charge in [-0.05, 0) is 19.0 Å². The van der Waals surface area contributed by atoms with Crippen molar-refractivity contribution in [3.05, 3.63) is 18.5 Å². The normalized spacial score (nSPS) is 20.1. The molecule has 11 heteroatoms. The lowest BCUT2D eigenvalue weighted by molar-refractivity contribution is -0.192. The summed E-state index contributed by atoms with van der Waals surface area (Å²) in [6.07, 6.45) is -1.46. The number of nitrogens with zero attached hydrogens (tertiary/aromatic N) is 2. The first-order valence-electron chi connectivity index (χ1n) is 6.52. The first-order chi connectivity index (χ1) is 10.6. The van der Waals surface area contributed by atoms with Crippen LogP contribution in [0.15, 0.2) is 18.5 Å². The molecule has 3 N–H and O–H groups in total. The quantitative estimate of drug-likeness (QED) is 0.726. The lowest BCUT2D eigenvalue weighted by atomic mass is 9.94. The second kappa shape index (κ2) is 7.99. The van der Waals surface area contributed by atoms with E-state index >= 15 is 0 Å². The topological polar surface area (TPSA) is 87.1 Å². The first-order valence-corrected chi connectivity index (χ1v) is 6.52. The van der Waals surface area contributed by atoms with E-state index < -0.39 is 24.0 Å². The highest BCUT2D eigenvalue weighted by atomic mass is 19.4. The Labute approximate surface area is 128 Å². The van der Waals surface area contributed by atoms with E-state index in [0.29, 0.717) is 18.9 Å². The number of aromatic nitrogens is 2. The molecule has 0 saturated carbocycles. The summed E-state index contributed by atoms with van der Waals surface area (Å²) in [6, 6.07) is 1.68. The summed E-state index contributed by atoms with van der Waals surface area (Å²) in [5.74, 6) is -5.66. The minimum absolute atomic E-state index is 0.207. The van der Waals surface area contributed by atoms with Gasteiger partial charge in [-0.25, -0.2) is 23.5 Å². The van der Waals surface area contributed by atoms with Gasteiger partial charge in [0.05, 0.1) is 6.54 Å². The molecule has 0 radical (unpaired) electrons. The number of halogens is 5. The highest BCUT2D eigenvalue weighted by molar-refractivity contribution is 5.73. The maximum atomic E-state index is 13.4. The number of carboxylic acid groups (broad SMARTS) is 1. The summed E-state index contributed by atoms with van der Waals surface area (Å²) in [5.41, 5.74) is 0. The second-order valence-electron chi connectivity index (χ2n) is 4.68. The van der Waals surface area contributed by atoms with Gasteiger partial charge in [0.15, 0.2) is 0 Å². The number of hydrogen-bond donors (Lipinski definition) is 3. The van der Waals surface area contributed by atoms with Crippen LogP contribution in [0.4, 0.5) is 27.9 Å². The fourth-order valence-corrected chi connectivity index (χ4v) is 1.74. The summed E-state index contributed by atoms with van der Waals surface area (Å²) in [7, 11) is 0. The van der Waals surface area contributed by atoms with Crippen molar-refractivity contribution in [3.8, 4) is 0 Å². The van der Waals surface area contributed by atoms with Gasteiger partial charge in [0.25, 0.3) is 5.92 Å². The van der Waals surface area contributed by atoms with E-state index in [2.05, 4.69) is 20.6 Å². The molecular weight excluding hydrogens is 327 g/mol. The van der Waals surface area contributed by atoms with Gasteiger partial charge in [0, 0.05) is 24.9 Å². The molecule has 0 aromatic carbocycles. The van der Waals surface area contributed by atoms with E-state index in [-0.39, 0.29) is 13.1 Å². The van der Waals surface area contributed by atoms with Crippen LogP contribution in [0.1, 0.15) is 6.42 Å². The molecule has 1 aliphatic heterocycles. The summed E-state index contributed by atoms with van der Waals surface area (Å²) in [5, 5.41) is 12.7. The molecule has 0 amide bonds. The highest BCUT2D eigenvalue weighted by Crippen LogP contribution is 2.29. The SMILES string of the molecule is FC1(F)CNCC[C@H]1CNc1ncccn1.O=C(O)C(F)(F)F. The predicted molar refractivity (Wildman–Crippen MR) is 70.1 cm³/mol. The summed E-state index contributed by atoms with van der Waals surface area (Å²) in [6.45, 7) is 0.602. The van der Waals surface area contributed by atoms with Crippen molar-refractivity contribution >= 4 is 11.9 Å². The fraction of sp³-hybridized carbons (Fsp3) is 0.583. The van der Waals surface area contributed by atoms with E-state index in [4.69, 9.17) is 9.90 Å². The number of aliphatic carboxylic acids is 1. The Hall–Kier alpha value is -2.04. The van der Waals surface area contributed by atoms with Gasteiger partial charge in [-0.15, -0.1) is 0 Å². The molecule has 2 heterocycles. The van der Waals surface area contributed by atoms with Crippen LogP contribution in [0.2, 0.25) is 0 Å². The number of rotatable bonds is 3. The number of alkyl halides is 5. The van der Waals surface area contributed by atoms with Crippen LogP contribution in [0, 0.1) is 5.92 Å². The maximum absolute atomic E-state index is 13.4. The van der Waals surface area contributed by atoms with Crippen molar-refractivity contribution in [2.75, 3.05) is 25.0 Å². The Kier molecular flexibility index (Phi) is 6.61. The zero-order valence-electron chi connectivity index (χ0n) is 11.8. The van der Waals surface area contributed by atoms with Crippen LogP contribution >= 0.6 is 0 Å². The van der Waals surface area contributed by atoms with Crippen LogP contribution in [-0.4, -0.2) is 52.8 Å². The molecule has 0 spiro atoms. The zero-order chi connectivity index (χ0) is 17.5. The highest BCUT2D eigenvalue weighted by Gasteiger charge is 2.41. The number of carbonyl (C=O) groups is 1. The van der Waals surface area contributed by atoms with E-state index in [1.165, 1.54) is 0 Å². The van der Waals surface area contributed by atoms with E-state index in [1.807, 2.05) is 0 Å². The first kappa shape index (κ1) is 19.0. The van der Waals surface area contributed by atoms with Crippen LogP contribution in [0.3, 0.4) is 0 Å². The van der Waals surface area contributed by atoms with Gasteiger partial charge >= 0.3 is 12.1 Å². The molecule has 130 valence electrons. The zero-order valence-corrected chi connectivity index (χ0v) is 11.8. The monoisotopic (exact) mass is 342 g/mol. The van der Waals surface area contributed by atoms with E-state index in [0.717, 1.165) is 0 Å². The third-order valence-electron chi connectivity index (χ3n) is 2.94. The Morgan fingerprint density at radius 2 is 1.96 bits per heavy atom. The van der Waals surface area contributed by atoms with Gasteiger partial charge in [0.2, 0.25) is 5.95 Å². The van der Waals surface area contributed by atoms with Gasteiger partial charge < -0.3 is 15.7 Å². The number of anilines is 1. The summed E-state index contributed by atoms with van der Waals surface area (Å²) in [4.78, 5) is 16.8. The minimum atomic E-state index is -5.08. The van der Waals surface area contributed by atoms with Gasteiger partial charge in [-0.1, -0.05) is 0 Å². The standard InChI is InChI=1S/C10H14F2N4.C2HF3O2/c11-10(12)7-13-5-2-8(10)6-16-9-14-3-1-4-15-9;3-2(4,5)1(6)7/h1,3-4,8,13H,2,5-7H2,(H,14,15,16);(H,6,7)/t8-;/m0./s1. The number of carboxylic acids is 1. The average Bonchev–Trinajstić information content (AvgIpc) is 2.46. The molecule has 6 nitrogen and oxygen atoms in total. The van der Waals surface area contributed by atoms with Crippen molar-refractivity contribution in [1.29, 1.82) is 0 Å². The molecule has 23 heavy (non-hydrogen) atoms. The third-order valence-corrected chi connectivity index (χ3v) is 2.94. The molecule has 0 unspecified atom stereocenters. The molecule has 1 aliphatic rings. The third kappa shape index (κ3) is 6.72. The molecule has 1 aromatic heterocycles. The maximum Gasteiger partial charge on any atom is 0.490 e. The van der Waals surface area contributed by atoms with Crippen molar-refractivity contribution in [2.24, 2.45) is 5.92 Å². The number of nitrogens with one attached hydrogen (secondary N) is 2. The van der Waals surface area contributed by atoms with Crippen LogP contribution in [0.5, 0.6) is 0 Å². The molecular formula is C12H15F5N4O2. The average molecular weight is 342 g/mol. The Balaban J connectivity index is 0.000000322. The molecule has 1 saturated heterocycles. The fourth-order valence-electron chi connectivity index (χ4n) is 1.74. The number of hydrogen-bond acceptors (Lipinski definition) is 5. The van der Waals surface area contributed by atoms with Crippen LogP contribution < -0.4 is 10.6 Å². The van der Waals surface area contributed by atoms with E-state index in [9.17, 15) is 22.0 Å². The minimum Gasteiger partial charge on any atom is -0.475 e. The predicted octanol–water partition coefficient (Wildman–Crippen LogP) is 1.77. The Bertz CT molecular complexity index is 498.